The SMILES string of the molecule is CN(Cc1ccccc1O)C(=O)C1NCCCC1(C)C. The maximum absolute atomic E-state index is 12.6. The highest BCUT2D eigenvalue weighted by molar-refractivity contribution is 5.82. The van der Waals surface area contributed by atoms with Gasteiger partial charge in [-0.15, -0.1) is 0 Å². The summed E-state index contributed by atoms with van der Waals surface area (Å²) >= 11 is 0. The molecule has 20 heavy (non-hydrogen) atoms. The Morgan fingerprint density at radius 2 is 2.15 bits per heavy atom. The number of para-hydroxylation sites is 1. The Morgan fingerprint density at radius 1 is 1.45 bits per heavy atom. The number of phenolic OH excluding ortho intramolecular Hbond substituents is 1. The van der Waals surface area contributed by atoms with Crippen LogP contribution in [0.15, 0.2) is 24.3 Å². The molecule has 0 aromatic heterocycles. The predicted molar refractivity (Wildman–Crippen MR) is 79.4 cm³/mol. The van der Waals surface area contributed by atoms with Gasteiger partial charge in [-0.05, 0) is 30.9 Å². The monoisotopic (exact) mass is 276 g/mol. The summed E-state index contributed by atoms with van der Waals surface area (Å²) in [5, 5.41) is 13.1. The van der Waals surface area contributed by atoms with Crippen molar-refractivity contribution in [3.8, 4) is 5.75 Å². The van der Waals surface area contributed by atoms with E-state index < -0.39 is 0 Å². The molecule has 1 aliphatic rings. The van der Waals surface area contributed by atoms with E-state index in [-0.39, 0.29) is 23.1 Å². The van der Waals surface area contributed by atoms with Gasteiger partial charge in [0.1, 0.15) is 5.75 Å². The molecule has 1 unspecified atom stereocenters. The number of piperidine rings is 1. The highest BCUT2D eigenvalue weighted by Crippen LogP contribution is 2.31. The summed E-state index contributed by atoms with van der Waals surface area (Å²) < 4.78 is 0. The molecular formula is C16H24N2O2. The number of rotatable bonds is 3. The van der Waals surface area contributed by atoms with Crippen LogP contribution in [-0.4, -0.2) is 35.5 Å². The van der Waals surface area contributed by atoms with Crippen molar-refractivity contribution in [2.75, 3.05) is 13.6 Å². The van der Waals surface area contributed by atoms with Gasteiger partial charge in [0.25, 0.3) is 0 Å². The van der Waals surface area contributed by atoms with Crippen LogP contribution in [0.3, 0.4) is 0 Å². The number of hydrogen-bond donors (Lipinski definition) is 2. The molecule has 110 valence electrons. The minimum atomic E-state index is -0.146. The average molecular weight is 276 g/mol. The minimum Gasteiger partial charge on any atom is -0.508 e. The topological polar surface area (TPSA) is 52.6 Å². The molecule has 0 spiro atoms. The van der Waals surface area contributed by atoms with Crippen LogP contribution in [0.5, 0.6) is 5.75 Å². The molecule has 0 saturated carbocycles. The first-order chi connectivity index (χ1) is 9.42. The number of nitrogens with zero attached hydrogens (tertiary/aromatic N) is 1. The van der Waals surface area contributed by atoms with Crippen LogP contribution < -0.4 is 5.32 Å². The first-order valence-electron chi connectivity index (χ1n) is 7.17. The Kier molecular flexibility index (Phi) is 4.33. The minimum absolute atomic E-state index is 0.0255. The van der Waals surface area contributed by atoms with Gasteiger partial charge in [0, 0.05) is 19.2 Å². The number of benzene rings is 1. The first-order valence-corrected chi connectivity index (χ1v) is 7.17. The zero-order valence-corrected chi connectivity index (χ0v) is 12.5. The molecule has 1 heterocycles. The highest BCUT2D eigenvalue weighted by Gasteiger charge is 2.38. The van der Waals surface area contributed by atoms with Gasteiger partial charge in [-0.25, -0.2) is 0 Å². The number of aromatic hydroxyl groups is 1. The first kappa shape index (κ1) is 14.9. The van der Waals surface area contributed by atoms with E-state index in [9.17, 15) is 9.90 Å². The van der Waals surface area contributed by atoms with Crippen LogP contribution in [0.4, 0.5) is 0 Å². The summed E-state index contributed by atoms with van der Waals surface area (Å²) in [5.74, 6) is 0.334. The normalized spacial score (nSPS) is 21.4. The molecule has 1 aliphatic heterocycles. The summed E-state index contributed by atoms with van der Waals surface area (Å²) in [6, 6.07) is 7.00. The fourth-order valence-electron chi connectivity index (χ4n) is 2.83. The van der Waals surface area contributed by atoms with E-state index >= 15 is 0 Å². The molecule has 1 fully saturated rings. The van der Waals surface area contributed by atoms with Crippen molar-refractivity contribution < 1.29 is 9.90 Å². The van der Waals surface area contributed by atoms with Crippen LogP contribution >= 0.6 is 0 Å². The Balaban J connectivity index is 2.07. The third kappa shape index (κ3) is 3.12. The Labute approximate surface area is 120 Å². The number of likely N-dealkylation sites (N-methyl/N-ethyl adjacent to an activating group) is 1. The molecular weight excluding hydrogens is 252 g/mol. The molecule has 1 saturated heterocycles. The Bertz CT molecular complexity index is 485. The molecule has 0 bridgehead atoms. The summed E-state index contributed by atoms with van der Waals surface area (Å²) in [6.45, 7) is 5.59. The average Bonchev–Trinajstić information content (AvgIpc) is 2.40. The second kappa shape index (κ2) is 5.83. The predicted octanol–water partition coefficient (Wildman–Crippen LogP) is 2.13. The summed E-state index contributed by atoms with van der Waals surface area (Å²) in [7, 11) is 1.79. The Morgan fingerprint density at radius 3 is 2.80 bits per heavy atom. The maximum atomic E-state index is 12.6. The third-order valence-electron chi connectivity index (χ3n) is 4.15. The lowest BCUT2D eigenvalue weighted by atomic mass is 9.77. The van der Waals surface area contributed by atoms with Gasteiger partial charge in [-0.3, -0.25) is 4.79 Å². The standard InChI is InChI=1S/C16H24N2O2/c1-16(2)9-6-10-17-14(16)15(20)18(3)11-12-7-4-5-8-13(12)19/h4-5,7-8,14,17,19H,6,9-11H2,1-3H3. The lowest BCUT2D eigenvalue weighted by Crippen LogP contribution is -2.55. The smallest absolute Gasteiger partial charge is 0.240 e. The van der Waals surface area contributed by atoms with Gasteiger partial charge in [0.05, 0.1) is 6.04 Å². The second-order valence-corrected chi connectivity index (χ2v) is 6.30. The molecule has 0 radical (unpaired) electrons. The molecule has 4 nitrogen and oxygen atoms in total. The van der Waals surface area contributed by atoms with Crippen LogP contribution in [0.25, 0.3) is 0 Å². The molecule has 0 aliphatic carbocycles. The third-order valence-corrected chi connectivity index (χ3v) is 4.15. The van der Waals surface area contributed by atoms with Crippen molar-refractivity contribution in [1.82, 2.24) is 10.2 Å². The molecule has 1 aromatic carbocycles. The summed E-state index contributed by atoms with van der Waals surface area (Å²) in [6.07, 6.45) is 2.17. The quantitative estimate of drug-likeness (QED) is 0.889. The van der Waals surface area contributed by atoms with Crippen molar-refractivity contribution in [1.29, 1.82) is 0 Å². The van der Waals surface area contributed by atoms with E-state index in [1.54, 1.807) is 24.1 Å². The van der Waals surface area contributed by atoms with Gasteiger partial charge in [0.15, 0.2) is 0 Å². The van der Waals surface area contributed by atoms with E-state index in [1.165, 1.54) is 0 Å². The zero-order valence-electron chi connectivity index (χ0n) is 12.5. The van der Waals surface area contributed by atoms with Gasteiger partial charge in [-0.2, -0.15) is 0 Å². The van der Waals surface area contributed by atoms with Crippen LogP contribution in [0.1, 0.15) is 32.3 Å². The molecule has 2 N–H and O–H groups in total. The van der Waals surface area contributed by atoms with E-state index in [4.69, 9.17) is 0 Å². The van der Waals surface area contributed by atoms with Crippen LogP contribution in [-0.2, 0) is 11.3 Å². The highest BCUT2D eigenvalue weighted by atomic mass is 16.3. The molecule has 4 heteroatoms. The number of nitrogens with one attached hydrogen (secondary N) is 1. The fourth-order valence-corrected chi connectivity index (χ4v) is 2.83. The number of carbonyl (C=O) groups excluding carboxylic acids is 1. The van der Waals surface area contributed by atoms with Crippen LogP contribution in [0, 0.1) is 5.41 Å². The van der Waals surface area contributed by atoms with E-state index in [1.807, 2.05) is 12.1 Å². The lowest BCUT2D eigenvalue weighted by molar-refractivity contribution is -0.136. The number of amides is 1. The van der Waals surface area contributed by atoms with Crippen molar-refractivity contribution in [2.45, 2.75) is 39.3 Å². The van der Waals surface area contributed by atoms with Crippen molar-refractivity contribution in [3.63, 3.8) is 0 Å². The van der Waals surface area contributed by atoms with Gasteiger partial charge in [0.2, 0.25) is 5.91 Å². The molecule has 1 amide bonds. The van der Waals surface area contributed by atoms with Gasteiger partial charge in [-0.1, -0.05) is 32.0 Å². The fraction of sp³-hybridized carbons (Fsp3) is 0.562. The summed E-state index contributed by atoms with van der Waals surface area (Å²) in [4.78, 5) is 14.3. The lowest BCUT2D eigenvalue weighted by Gasteiger charge is -2.40. The van der Waals surface area contributed by atoms with Crippen LogP contribution in [0.2, 0.25) is 0 Å². The van der Waals surface area contributed by atoms with E-state index in [0.29, 0.717) is 6.54 Å². The van der Waals surface area contributed by atoms with Crippen molar-refractivity contribution >= 4 is 5.91 Å². The van der Waals surface area contributed by atoms with Gasteiger partial charge < -0.3 is 15.3 Å². The van der Waals surface area contributed by atoms with E-state index in [0.717, 1.165) is 24.9 Å². The second-order valence-electron chi connectivity index (χ2n) is 6.30. The van der Waals surface area contributed by atoms with Gasteiger partial charge >= 0.3 is 0 Å². The van der Waals surface area contributed by atoms with Crippen molar-refractivity contribution in [2.24, 2.45) is 5.41 Å². The number of hydrogen-bond acceptors (Lipinski definition) is 3. The summed E-state index contributed by atoms with van der Waals surface area (Å²) in [5.41, 5.74) is 0.749. The number of phenols is 1. The Hall–Kier alpha value is -1.55. The molecule has 1 atom stereocenters. The van der Waals surface area contributed by atoms with Crippen molar-refractivity contribution in [3.05, 3.63) is 29.8 Å². The molecule has 1 aromatic rings. The molecule has 2 rings (SSSR count). The number of carbonyl (C=O) groups is 1. The zero-order chi connectivity index (χ0) is 14.8. The largest absolute Gasteiger partial charge is 0.508 e. The van der Waals surface area contributed by atoms with E-state index in [2.05, 4.69) is 19.2 Å². The maximum Gasteiger partial charge on any atom is 0.240 e.